The Bertz CT molecular complexity index is 392. The van der Waals surface area contributed by atoms with E-state index in [0.717, 1.165) is 6.26 Å². The molecule has 0 radical (unpaired) electrons. The second-order valence-electron chi connectivity index (χ2n) is 3.14. The minimum atomic E-state index is -3.12. The molecule has 0 bridgehead atoms. The molecule has 1 heterocycles. The summed E-state index contributed by atoms with van der Waals surface area (Å²) in [6.07, 6.45) is 4.41. The molecule has 0 aromatic carbocycles. The van der Waals surface area contributed by atoms with Crippen molar-refractivity contribution in [2.45, 2.75) is 0 Å². The third kappa shape index (κ3) is 4.71. The van der Waals surface area contributed by atoms with E-state index in [9.17, 15) is 8.42 Å². The molecule has 1 aromatic heterocycles. The first-order chi connectivity index (χ1) is 6.99. The van der Waals surface area contributed by atoms with Gasteiger partial charge in [0.25, 0.3) is 0 Å². The highest BCUT2D eigenvalue weighted by Gasteiger charge is 2.04. The van der Waals surface area contributed by atoms with Crippen LogP contribution in [0.1, 0.15) is 0 Å². The fourth-order valence-corrected chi connectivity index (χ4v) is 1.45. The molecule has 0 aliphatic rings. The summed E-state index contributed by atoms with van der Waals surface area (Å²) in [4.78, 5) is 9.84. The summed E-state index contributed by atoms with van der Waals surface area (Å²) >= 11 is 0. The Morgan fingerprint density at radius 3 is 2.53 bits per heavy atom. The maximum absolute atomic E-state index is 10.8. The molecule has 15 heavy (non-hydrogen) atoms. The highest BCUT2D eigenvalue weighted by atomic mass is 32.2. The summed E-state index contributed by atoms with van der Waals surface area (Å²) in [5.41, 5.74) is 0. The van der Waals surface area contributed by atoms with Gasteiger partial charge in [-0.25, -0.2) is 23.1 Å². The maximum atomic E-state index is 10.8. The van der Waals surface area contributed by atoms with Crippen molar-refractivity contribution in [1.29, 1.82) is 0 Å². The Hall–Kier alpha value is -1.21. The minimum absolute atomic E-state index is 0.341. The quantitative estimate of drug-likeness (QED) is 0.735. The number of sulfonamides is 1. The van der Waals surface area contributed by atoms with E-state index < -0.39 is 10.0 Å². The van der Waals surface area contributed by atoms with Gasteiger partial charge in [0, 0.05) is 32.5 Å². The Morgan fingerprint density at radius 2 is 2.00 bits per heavy atom. The average molecular weight is 230 g/mol. The normalized spacial score (nSPS) is 11.3. The van der Waals surface area contributed by atoms with Crippen LogP contribution in [0.25, 0.3) is 0 Å². The summed E-state index contributed by atoms with van der Waals surface area (Å²) in [6, 6.07) is 1.73. The van der Waals surface area contributed by atoms with Gasteiger partial charge >= 0.3 is 0 Å². The highest BCUT2D eigenvalue weighted by Crippen LogP contribution is 1.99. The molecule has 0 aliphatic carbocycles. The lowest BCUT2D eigenvalue weighted by Gasteiger charge is -2.16. The topological polar surface area (TPSA) is 75.2 Å². The molecular formula is C8H14N4O2S. The molecule has 0 atom stereocenters. The Labute approximate surface area is 89.4 Å². The van der Waals surface area contributed by atoms with Crippen molar-refractivity contribution in [2.75, 3.05) is 31.3 Å². The van der Waals surface area contributed by atoms with E-state index in [1.165, 1.54) is 0 Å². The van der Waals surface area contributed by atoms with E-state index in [1.807, 2.05) is 0 Å². The van der Waals surface area contributed by atoms with Crippen molar-refractivity contribution < 1.29 is 8.42 Å². The van der Waals surface area contributed by atoms with Crippen LogP contribution in [-0.4, -0.2) is 44.8 Å². The third-order valence-corrected chi connectivity index (χ3v) is 2.43. The van der Waals surface area contributed by atoms with Crippen LogP contribution >= 0.6 is 0 Å². The standard InChI is InChI=1S/C8H14N4O2S/c1-12(7-6-11-15(2,13)14)8-9-4-3-5-10-8/h3-5,11H,6-7H2,1-2H3. The number of rotatable bonds is 5. The number of anilines is 1. The van der Waals surface area contributed by atoms with Gasteiger partial charge in [-0.3, -0.25) is 0 Å². The molecule has 1 N–H and O–H groups in total. The number of hydrogen-bond acceptors (Lipinski definition) is 5. The maximum Gasteiger partial charge on any atom is 0.225 e. The smallest absolute Gasteiger partial charge is 0.225 e. The fourth-order valence-electron chi connectivity index (χ4n) is 0.987. The van der Waals surface area contributed by atoms with Crippen LogP contribution in [0, 0.1) is 0 Å². The van der Waals surface area contributed by atoms with Gasteiger partial charge in [-0.15, -0.1) is 0 Å². The molecule has 0 spiro atoms. The van der Waals surface area contributed by atoms with Crippen molar-refractivity contribution in [3.63, 3.8) is 0 Å². The van der Waals surface area contributed by atoms with E-state index in [2.05, 4.69) is 14.7 Å². The van der Waals surface area contributed by atoms with E-state index in [0.29, 0.717) is 19.0 Å². The number of likely N-dealkylation sites (N-methyl/N-ethyl adjacent to an activating group) is 1. The Morgan fingerprint density at radius 1 is 1.40 bits per heavy atom. The number of hydrogen-bond donors (Lipinski definition) is 1. The van der Waals surface area contributed by atoms with E-state index in [-0.39, 0.29) is 0 Å². The fraction of sp³-hybridized carbons (Fsp3) is 0.500. The number of nitrogens with zero attached hydrogens (tertiary/aromatic N) is 3. The largest absolute Gasteiger partial charge is 0.343 e. The molecular weight excluding hydrogens is 216 g/mol. The lowest BCUT2D eigenvalue weighted by atomic mass is 10.5. The van der Waals surface area contributed by atoms with Crippen LogP contribution in [0.15, 0.2) is 18.5 Å². The molecule has 0 saturated heterocycles. The van der Waals surface area contributed by atoms with Gasteiger partial charge in [-0.1, -0.05) is 0 Å². The molecule has 0 amide bonds. The lowest BCUT2D eigenvalue weighted by molar-refractivity contribution is 0.587. The second kappa shape index (κ2) is 5.04. The van der Waals surface area contributed by atoms with Gasteiger partial charge in [0.15, 0.2) is 0 Å². The van der Waals surface area contributed by atoms with Crippen LogP contribution < -0.4 is 9.62 Å². The van der Waals surface area contributed by atoms with E-state index in [1.54, 1.807) is 30.4 Å². The van der Waals surface area contributed by atoms with Crippen molar-refractivity contribution in [1.82, 2.24) is 14.7 Å². The molecule has 7 heteroatoms. The van der Waals surface area contributed by atoms with Crippen molar-refractivity contribution >= 4 is 16.0 Å². The summed E-state index contributed by atoms with van der Waals surface area (Å²) in [5, 5.41) is 0. The molecule has 84 valence electrons. The number of aromatic nitrogens is 2. The van der Waals surface area contributed by atoms with Crippen molar-refractivity contribution in [2.24, 2.45) is 0 Å². The Balaban J connectivity index is 2.41. The zero-order valence-electron chi connectivity index (χ0n) is 8.71. The van der Waals surface area contributed by atoms with Crippen molar-refractivity contribution in [3.05, 3.63) is 18.5 Å². The third-order valence-electron chi connectivity index (χ3n) is 1.71. The first-order valence-corrected chi connectivity index (χ1v) is 6.31. The van der Waals surface area contributed by atoms with Crippen LogP contribution in [0.4, 0.5) is 5.95 Å². The van der Waals surface area contributed by atoms with Crippen LogP contribution in [0.2, 0.25) is 0 Å². The van der Waals surface area contributed by atoms with Gasteiger partial charge in [-0.05, 0) is 6.07 Å². The zero-order chi connectivity index (χ0) is 11.3. The monoisotopic (exact) mass is 230 g/mol. The summed E-state index contributed by atoms with van der Waals surface area (Å²) in [6.45, 7) is 0.866. The lowest BCUT2D eigenvalue weighted by Crippen LogP contribution is -2.33. The second-order valence-corrected chi connectivity index (χ2v) is 4.97. The predicted molar refractivity (Wildman–Crippen MR) is 58.1 cm³/mol. The van der Waals surface area contributed by atoms with E-state index >= 15 is 0 Å². The molecule has 0 unspecified atom stereocenters. The molecule has 1 rings (SSSR count). The molecule has 0 saturated carbocycles. The minimum Gasteiger partial charge on any atom is -0.343 e. The Kier molecular flexibility index (Phi) is 3.98. The van der Waals surface area contributed by atoms with Gasteiger partial charge < -0.3 is 4.90 Å². The molecule has 0 fully saturated rings. The van der Waals surface area contributed by atoms with Gasteiger partial charge in [-0.2, -0.15) is 0 Å². The summed E-state index contributed by atoms with van der Waals surface area (Å²) in [5.74, 6) is 0.577. The van der Waals surface area contributed by atoms with Gasteiger partial charge in [0.2, 0.25) is 16.0 Å². The zero-order valence-corrected chi connectivity index (χ0v) is 9.53. The first-order valence-electron chi connectivity index (χ1n) is 4.42. The van der Waals surface area contributed by atoms with Crippen LogP contribution in [0.3, 0.4) is 0 Å². The summed E-state index contributed by atoms with van der Waals surface area (Å²) in [7, 11) is -1.31. The highest BCUT2D eigenvalue weighted by molar-refractivity contribution is 7.88. The van der Waals surface area contributed by atoms with E-state index in [4.69, 9.17) is 0 Å². The SMILES string of the molecule is CN(CCNS(C)(=O)=O)c1ncccn1. The summed E-state index contributed by atoms with van der Waals surface area (Å²) < 4.78 is 24.0. The first kappa shape index (κ1) is 11.9. The van der Waals surface area contributed by atoms with Crippen LogP contribution in [0.5, 0.6) is 0 Å². The average Bonchev–Trinajstić information content (AvgIpc) is 2.17. The van der Waals surface area contributed by atoms with Crippen LogP contribution in [-0.2, 0) is 10.0 Å². The van der Waals surface area contributed by atoms with Crippen molar-refractivity contribution in [3.8, 4) is 0 Å². The molecule has 6 nitrogen and oxygen atoms in total. The van der Waals surface area contributed by atoms with Gasteiger partial charge in [0.05, 0.1) is 6.26 Å². The molecule has 1 aromatic rings. The van der Waals surface area contributed by atoms with Gasteiger partial charge in [0.1, 0.15) is 0 Å². The predicted octanol–water partition coefficient (Wildman–Crippen LogP) is -0.538. The number of nitrogens with one attached hydrogen (secondary N) is 1. The molecule has 0 aliphatic heterocycles.